The highest BCUT2D eigenvalue weighted by Crippen LogP contribution is 2.31. The lowest BCUT2D eigenvalue weighted by Crippen LogP contribution is -2.37. The number of imide groups is 1. The Hall–Kier alpha value is -4.04. The minimum atomic E-state index is -0.984. The number of rotatable bonds is 9. The lowest BCUT2D eigenvalue weighted by molar-refractivity contribution is -0.124. The second-order valence-corrected chi connectivity index (χ2v) is 8.57. The molecule has 1 aliphatic heterocycles. The van der Waals surface area contributed by atoms with E-state index in [9.17, 15) is 14.4 Å². The average molecular weight is 508 g/mol. The van der Waals surface area contributed by atoms with Crippen molar-refractivity contribution in [2.45, 2.75) is 25.9 Å². The standard InChI is InChI=1S/C27H26ClN3O5/c1-3-36-22-13-11-20(12-14-22)29-25(32)16-24-26(33)31(21-5-4-6-23(15-21)35-2)27(34)30(24)17-18-7-9-19(28)10-8-18/h4-15,24H,3,16-17H2,1-2H3,(H,29,32). The largest absolute Gasteiger partial charge is 0.497 e. The summed E-state index contributed by atoms with van der Waals surface area (Å²) in [5.74, 6) is 0.326. The summed E-state index contributed by atoms with van der Waals surface area (Å²) in [4.78, 5) is 42.4. The van der Waals surface area contributed by atoms with Crippen molar-refractivity contribution in [3.05, 3.63) is 83.4 Å². The van der Waals surface area contributed by atoms with Crippen molar-refractivity contribution in [3.8, 4) is 11.5 Å². The van der Waals surface area contributed by atoms with Crippen LogP contribution in [0, 0.1) is 0 Å². The number of nitrogens with one attached hydrogen (secondary N) is 1. The molecule has 1 saturated heterocycles. The van der Waals surface area contributed by atoms with Gasteiger partial charge >= 0.3 is 6.03 Å². The maximum absolute atomic E-state index is 13.5. The summed E-state index contributed by atoms with van der Waals surface area (Å²) in [6.07, 6.45) is -0.203. The van der Waals surface area contributed by atoms with Gasteiger partial charge in [0.2, 0.25) is 5.91 Å². The smallest absolute Gasteiger partial charge is 0.332 e. The lowest BCUT2D eigenvalue weighted by Gasteiger charge is -2.22. The fourth-order valence-electron chi connectivity index (χ4n) is 3.98. The first-order valence-corrected chi connectivity index (χ1v) is 11.8. The molecular weight excluding hydrogens is 482 g/mol. The number of halogens is 1. The monoisotopic (exact) mass is 507 g/mol. The summed E-state index contributed by atoms with van der Waals surface area (Å²) < 4.78 is 10.7. The molecule has 1 aliphatic rings. The van der Waals surface area contributed by atoms with E-state index in [1.807, 2.05) is 6.92 Å². The van der Waals surface area contributed by atoms with Gasteiger partial charge in [0.05, 0.1) is 25.8 Å². The Morgan fingerprint density at radius 2 is 1.72 bits per heavy atom. The maximum atomic E-state index is 13.5. The van der Waals surface area contributed by atoms with Gasteiger partial charge in [-0.2, -0.15) is 0 Å². The third-order valence-electron chi connectivity index (χ3n) is 5.72. The molecule has 36 heavy (non-hydrogen) atoms. The number of amides is 4. The van der Waals surface area contributed by atoms with Crippen LogP contribution in [0.5, 0.6) is 11.5 Å². The summed E-state index contributed by atoms with van der Waals surface area (Å²) >= 11 is 6.00. The normalized spacial score (nSPS) is 15.2. The SMILES string of the molecule is CCOc1ccc(NC(=O)CC2C(=O)N(c3cccc(OC)c3)C(=O)N2Cc2ccc(Cl)cc2)cc1. The number of methoxy groups -OCH3 is 1. The molecule has 0 radical (unpaired) electrons. The molecule has 3 aromatic carbocycles. The number of carbonyl (C=O) groups excluding carboxylic acids is 3. The quantitative estimate of drug-likeness (QED) is 0.406. The minimum absolute atomic E-state index is 0.142. The van der Waals surface area contributed by atoms with Gasteiger partial charge in [0, 0.05) is 23.3 Å². The van der Waals surface area contributed by atoms with Crippen LogP contribution in [-0.4, -0.2) is 42.5 Å². The molecule has 0 aliphatic carbocycles. The number of hydrogen-bond acceptors (Lipinski definition) is 5. The second kappa shape index (κ2) is 11.1. The van der Waals surface area contributed by atoms with Crippen molar-refractivity contribution in [3.63, 3.8) is 0 Å². The molecule has 1 N–H and O–H groups in total. The van der Waals surface area contributed by atoms with Crippen LogP contribution in [0.4, 0.5) is 16.2 Å². The van der Waals surface area contributed by atoms with Crippen LogP contribution in [0.2, 0.25) is 5.02 Å². The number of ether oxygens (including phenoxy) is 2. The van der Waals surface area contributed by atoms with Crippen LogP contribution in [0.1, 0.15) is 18.9 Å². The highest BCUT2D eigenvalue weighted by molar-refractivity contribution is 6.30. The van der Waals surface area contributed by atoms with E-state index in [1.165, 1.54) is 12.0 Å². The van der Waals surface area contributed by atoms with Gasteiger partial charge in [-0.25, -0.2) is 9.69 Å². The van der Waals surface area contributed by atoms with Crippen molar-refractivity contribution in [1.82, 2.24) is 4.90 Å². The number of anilines is 2. The number of benzene rings is 3. The predicted octanol–water partition coefficient (Wildman–Crippen LogP) is 5.11. The van der Waals surface area contributed by atoms with Crippen LogP contribution in [-0.2, 0) is 16.1 Å². The van der Waals surface area contributed by atoms with Gasteiger partial charge in [0.1, 0.15) is 17.5 Å². The fraction of sp³-hybridized carbons (Fsp3) is 0.222. The maximum Gasteiger partial charge on any atom is 0.332 e. The van der Waals surface area contributed by atoms with Gasteiger partial charge in [-0.3, -0.25) is 9.59 Å². The van der Waals surface area contributed by atoms with Crippen LogP contribution in [0.15, 0.2) is 72.8 Å². The van der Waals surface area contributed by atoms with E-state index in [2.05, 4.69) is 5.32 Å². The molecule has 186 valence electrons. The second-order valence-electron chi connectivity index (χ2n) is 8.14. The van der Waals surface area contributed by atoms with Crippen molar-refractivity contribution in [2.75, 3.05) is 23.9 Å². The molecule has 9 heteroatoms. The molecule has 0 spiro atoms. The highest BCUT2D eigenvalue weighted by atomic mass is 35.5. The molecule has 1 atom stereocenters. The summed E-state index contributed by atoms with van der Waals surface area (Å²) in [5.41, 5.74) is 1.72. The number of urea groups is 1. The molecule has 4 amide bonds. The van der Waals surface area contributed by atoms with E-state index in [4.69, 9.17) is 21.1 Å². The van der Waals surface area contributed by atoms with Crippen LogP contribution < -0.4 is 19.7 Å². The Balaban J connectivity index is 1.57. The lowest BCUT2D eigenvalue weighted by atomic mass is 10.1. The zero-order chi connectivity index (χ0) is 25.7. The summed E-state index contributed by atoms with van der Waals surface area (Å²) in [6.45, 7) is 2.57. The van der Waals surface area contributed by atoms with Gasteiger partial charge in [-0.1, -0.05) is 29.8 Å². The molecule has 0 bridgehead atoms. The van der Waals surface area contributed by atoms with Gasteiger partial charge in [-0.05, 0) is 61.0 Å². The van der Waals surface area contributed by atoms with E-state index in [-0.39, 0.29) is 18.9 Å². The summed E-state index contributed by atoms with van der Waals surface area (Å²) in [5, 5.41) is 3.36. The third kappa shape index (κ3) is 5.60. The zero-order valence-electron chi connectivity index (χ0n) is 19.9. The van der Waals surface area contributed by atoms with E-state index in [1.54, 1.807) is 72.8 Å². The number of carbonyl (C=O) groups is 3. The van der Waals surface area contributed by atoms with Crippen LogP contribution in [0.3, 0.4) is 0 Å². The van der Waals surface area contributed by atoms with Gasteiger partial charge in [0.15, 0.2) is 0 Å². The first-order valence-electron chi connectivity index (χ1n) is 11.5. The zero-order valence-corrected chi connectivity index (χ0v) is 20.7. The molecule has 0 aromatic heterocycles. The van der Waals surface area contributed by atoms with Crippen LogP contribution >= 0.6 is 11.6 Å². The Bertz CT molecular complexity index is 1250. The molecule has 0 saturated carbocycles. The molecule has 1 unspecified atom stereocenters. The van der Waals surface area contributed by atoms with E-state index in [0.717, 1.165) is 10.5 Å². The van der Waals surface area contributed by atoms with Crippen molar-refractivity contribution in [1.29, 1.82) is 0 Å². The fourth-order valence-corrected chi connectivity index (χ4v) is 4.10. The molecule has 8 nitrogen and oxygen atoms in total. The molecule has 3 aromatic rings. The van der Waals surface area contributed by atoms with E-state index in [0.29, 0.717) is 34.5 Å². The van der Waals surface area contributed by atoms with Crippen molar-refractivity contribution in [2.24, 2.45) is 0 Å². The molecule has 4 rings (SSSR count). The molecule has 1 heterocycles. The van der Waals surface area contributed by atoms with E-state index < -0.39 is 18.0 Å². The van der Waals surface area contributed by atoms with Gasteiger partial charge in [0.25, 0.3) is 5.91 Å². The number of hydrogen-bond donors (Lipinski definition) is 1. The molecule has 1 fully saturated rings. The number of nitrogens with zero attached hydrogens (tertiary/aromatic N) is 2. The minimum Gasteiger partial charge on any atom is -0.497 e. The topological polar surface area (TPSA) is 88.2 Å². The van der Waals surface area contributed by atoms with Crippen molar-refractivity contribution < 1.29 is 23.9 Å². The van der Waals surface area contributed by atoms with Gasteiger partial charge < -0.3 is 19.7 Å². The van der Waals surface area contributed by atoms with Crippen molar-refractivity contribution >= 4 is 40.8 Å². The Kier molecular flexibility index (Phi) is 7.75. The van der Waals surface area contributed by atoms with E-state index >= 15 is 0 Å². The predicted molar refractivity (Wildman–Crippen MR) is 138 cm³/mol. The summed E-state index contributed by atoms with van der Waals surface area (Å²) in [6, 6.07) is 19.1. The Morgan fingerprint density at radius 3 is 2.39 bits per heavy atom. The average Bonchev–Trinajstić information content (AvgIpc) is 3.10. The summed E-state index contributed by atoms with van der Waals surface area (Å²) in [7, 11) is 1.51. The third-order valence-corrected chi connectivity index (χ3v) is 5.98. The Morgan fingerprint density at radius 1 is 1.00 bits per heavy atom. The first kappa shape index (κ1) is 25.1. The first-order chi connectivity index (χ1) is 17.4. The van der Waals surface area contributed by atoms with Crippen LogP contribution in [0.25, 0.3) is 0 Å². The molecular formula is C27H26ClN3O5. The van der Waals surface area contributed by atoms with Gasteiger partial charge in [-0.15, -0.1) is 0 Å². The highest BCUT2D eigenvalue weighted by Gasteiger charge is 2.46. The Labute approximate surface area is 214 Å².